The second kappa shape index (κ2) is 12.3. The number of hydrogen-bond donors (Lipinski definition) is 3. The van der Waals surface area contributed by atoms with Gasteiger partial charge in [0.1, 0.15) is 29.5 Å². The lowest BCUT2D eigenvalue weighted by molar-refractivity contribution is -0.142. The highest BCUT2D eigenvalue weighted by Crippen LogP contribution is 2.49. The van der Waals surface area contributed by atoms with Crippen molar-refractivity contribution < 1.29 is 37.7 Å². The Balaban J connectivity index is 1.62. The van der Waals surface area contributed by atoms with E-state index in [2.05, 4.69) is 31.7 Å². The van der Waals surface area contributed by atoms with Crippen LogP contribution in [0.25, 0.3) is 11.2 Å². The minimum atomic E-state index is -4.31. The molecule has 4 N–H and O–H groups in total. The van der Waals surface area contributed by atoms with Gasteiger partial charge < -0.3 is 29.6 Å². The van der Waals surface area contributed by atoms with Crippen molar-refractivity contribution >= 4 is 49.1 Å². The van der Waals surface area contributed by atoms with Gasteiger partial charge in [0.15, 0.2) is 17.4 Å². The Morgan fingerprint density at radius 3 is 2.80 bits per heavy atom. The van der Waals surface area contributed by atoms with Crippen molar-refractivity contribution in [1.29, 1.82) is 0 Å². The number of nitrogens with two attached hydrogens (primary N) is 1. The number of nitrogen functional groups attached to an aromatic ring is 1. The molecule has 0 bridgehead atoms. The average molecular weight is 612 g/mol. The van der Waals surface area contributed by atoms with Crippen molar-refractivity contribution in [3.63, 3.8) is 0 Å². The zero-order valence-corrected chi connectivity index (χ0v) is 24.4. The number of rotatable bonds is 12. The lowest BCUT2D eigenvalue weighted by Gasteiger charge is -2.28. The van der Waals surface area contributed by atoms with Crippen LogP contribution in [0.3, 0.4) is 0 Å². The van der Waals surface area contributed by atoms with Crippen LogP contribution >= 0.6 is 19.3 Å². The first kappa shape index (κ1) is 30.6. The lowest BCUT2D eigenvalue weighted by Crippen LogP contribution is -2.43. The van der Waals surface area contributed by atoms with Crippen molar-refractivity contribution in [2.75, 3.05) is 26.1 Å². The van der Waals surface area contributed by atoms with Crippen LogP contribution in [0.15, 0.2) is 35.6 Å². The van der Waals surface area contributed by atoms with Gasteiger partial charge in [-0.1, -0.05) is 23.7 Å². The number of aromatic nitrogens is 4. The molecular weight excluding hydrogens is 581 g/mol. The number of ether oxygens (including phenoxy) is 3. The molecule has 222 valence electrons. The first-order valence-electron chi connectivity index (χ1n) is 12.4. The van der Waals surface area contributed by atoms with Crippen molar-refractivity contribution in [3.8, 4) is 11.6 Å². The molecule has 0 saturated carbocycles. The third-order valence-electron chi connectivity index (χ3n) is 6.41. The maximum atomic E-state index is 13.8. The summed E-state index contributed by atoms with van der Waals surface area (Å²) in [4.78, 5) is 28.9. The van der Waals surface area contributed by atoms with Gasteiger partial charge in [0.05, 0.1) is 31.7 Å². The molecule has 17 heteroatoms. The number of anilines is 1. The third kappa shape index (κ3) is 6.15. The summed E-state index contributed by atoms with van der Waals surface area (Å²) in [5.74, 6) is -0.545. The van der Waals surface area contributed by atoms with E-state index in [1.807, 2.05) is 0 Å². The molecule has 0 aliphatic carbocycles. The minimum Gasteiger partial charge on any atom is -0.476 e. The van der Waals surface area contributed by atoms with Crippen LogP contribution in [-0.2, 0) is 23.4 Å². The standard InChI is InChI=1S/C24H31ClN7O8P/c1-6-37-20-17-19(29-23(26)30-20)32(12-28-17)22-24(3,27-4)18(33)16(39-22)11-38-41(35,31-13(2)21(34)36-5)40-15-10-8-7-9-14(15)25/h7-10,12-13,16,18,22,33H,4,6,11H2,1-3,5H3,(H,31,35)(H2,26,29,30)/t13-,16+,18+,22+,24+,41?/m0/s1. The molecule has 0 radical (unpaired) electrons. The molecule has 4 rings (SSSR count). The Morgan fingerprint density at radius 1 is 1.41 bits per heavy atom. The smallest absolute Gasteiger partial charge is 0.459 e. The first-order valence-corrected chi connectivity index (χ1v) is 14.4. The first-order chi connectivity index (χ1) is 19.5. The molecule has 3 aromatic rings. The number of imidazole rings is 1. The topological polar surface area (TPSA) is 195 Å². The molecule has 0 amide bonds. The molecule has 1 saturated heterocycles. The monoisotopic (exact) mass is 611 g/mol. The molecule has 1 aromatic carbocycles. The number of para-hydroxylation sites is 1. The van der Waals surface area contributed by atoms with E-state index in [0.29, 0.717) is 12.1 Å². The van der Waals surface area contributed by atoms with Gasteiger partial charge in [-0.3, -0.25) is 18.9 Å². The average Bonchev–Trinajstić information content (AvgIpc) is 3.47. The van der Waals surface area contributed by atoms with Crippen LogP contribution in [0.1, 0.15) is 27.0 Å². The maximum absolute atomic E-state index is 13.8. The van der Waals surface area contributed by atoms with E-state index < -0.39 is 50.3 Å². The number of methoxy groups -OCH3 is 1. The summed E-state index contributed by atoms with van der Waals surface area (Å²) in [7, 11) is -3.12. The summed E-state index contributed by atoms with van der Waals surface area (Å²) >= 11 is 6.19. The normalized spacial score (nSPS) is 24.5. The zero-order valence-electron chi connectivity index (χ0n) is 22.8. The minimum absolute atomic E-state index is 0.0395. The summed E-state index contributed by atoms with van der Waals surface area (Å²) < 4.78 is 43.1. The van der Waals surface area contributed by atoms with Crippen LogP contribution in [0.4, 0.5) is 5.95 Å². The fourth-order valence-corrected chi connectivity index (χ4v) is 5.99. The van der Waals surface area contributed by atoms with Crippen LogP contribution in [0.2, 0.25) is 5.02 Å². The van der Waals surface area contributed by atoms with Crippen molar-refractivity contribution in [3.05, 3.63) is 35.6 Å². The molecule has 2 aromatic heterocycles. The Labute approximate surface area is 240 Å². The number of aliphatic hydroxyl groups excluding tert-OH is 1. The SMILES string of the molecule is C=N[C@]1(C)[C@H](O)[C@@H](COP(=O)(N[C@@H](C)C(=O)OC)Oc2ccccc2Cl)O[C@H]1n1cnc2c(OCC)nc(N)nc21. The number of nitrogens with one attached hydrogen (secondary N) is 1. The van der Waals surface area contributed by atoms with E-state index in [0.717, 1.165) is 0 Å². The number of carbonyl (C=O) groups excluding carboxylic acids is 1. The largest absolute Gasteiger partial charge is 0.476 e. The predicted molar refractivity (Wildman–Crippen MR) is 149 cm³/mol. The van der Waals surface area contributed by atoms with Crippen LogP contribution in [0.5, 0.6) is 11.6 Å². The number of fused-ring (bicyclic) bond motifs is 1. The van der Waals surface area contributed by atoms with Crippen molar-refractivity contribution in [1.82, 2.24) is 24.6 Å². The van der Waals surface area contributed by atoms with Crippen LogP contribution in [0, 0.1) is 0 Å². The lowest BCUT2D eigenvalue weighted by atomic mass is 9.93. The van der Waals surface area contributed by atoms with Gasteiger partial charge in [0.25, 0.3) is 0 Å². The number of nitrogens with zero attached hydrogens (tertiary/aromatic N) is 5. The maximum Gasteiger partial charge on any atom is 0.459 e. The predicted octanol–water partition coefficient (Wildman–Crippen LogP) is 2.53. The Bertz CT molecular complexity index is 1480. The number of aliphatic hydroxyl groups is 1. The molecule has 6 atom stereocenters. The van der Waals surface area contributed by atoms with Gasteiger partial charge in [0, 0.05) is 0 Å². The number of benzene rings is 1. The van der Waals surface area contributed by atoms with Crippen molar-refractivity contribution in [2.45, 2.75) is 50.8 Å². The molecule has 15 nitrogen and oxygen atoms in total. The highest BCUT2D eigenvalue weighted by Gasteiger charge is 2.55. The molecule has 0 spiro atoms. The van der Waals surface area contributed by atoms with Gasteiger partial charge in [-0.05, 0) is 39.6 Å². The second-order valence-electron chi connectivity index (χ2n) is 9.19. The van der Waals surface area contributed by atoms with E-state index in [1.54, 1.807) is 26.0 Å². The van der Waals surface area contributed by atoms with Gasteiger partial charge in [0.2, 0.25) is 11.8 Å². The Morgan fingerprint density at radius 2 is 2.15 bits per heavy atom. The summed E-state index contributed by atoms with van der Waals surface area (Å²) in [6.07, 6.45) is -1.98. The molecular formula is C24H31ClN7O8P. The highest BCUT2D eigenvalue weighted by atomic mass is 35.5. The third-order valence-corrected chi connectivity index (χ3v) is 8.35. The molecule has 41 heavy (non-hydrogen) atoms. The highest BCUT2D eigenvalue weighted by molar-refractivity contribution is 7.52. The molecule has 1 fully saturated rings. The second-order valence-corrected chi connectivity index (χ2v) is 11.3. The number of hydrogen-bond acceptors (Lipinski definition) is 13. The van der Waals surface area contributed by atoms with E-state index in [9.17, 15) is 14.5 Å². The van der Waals surface area contributed by atoms with Gasteiger partial charge >= 0.3 is 13.7 Å². The van der Waals surface area contributed by atoms with Gasteiger partial charge in [-0.2, -0.15) is 15.1 Å². The van der Waals surface area contributed by atoms with Gasteiger partial charge in [-0.25, -0.2) is 9.55 Å². The van der Waals surface area contributed by atoms with E-state index in [4.69, 9.17) is 40.6 Å². The summed E-state index contributed by atoms with van der Waals surface area (Å²) in [5, 5.41) is 14.0. The Kier molecular flexibility index (Phi) is 9.16. The van der Waals surface area contributed by atoms with E-state index in [-0.39, 0.29) is 28.2 Å². The number of halogens is 1. The van der Waals surface area contributed by atoms with E-state index >= 15 is 0 Å². The van der Waals surface area contributed by atoms with Crippen molar-refractivity contribution in [2.24, 2.45) is 4.99 Å². The summed E-state index contributed by atoms with van der Waals surface area (Å²) in [6, 6.07) is 5.20. The van der Waals surface area contributed by atoms with Crippen LogP contribution < -0.4 is 20.1 Å². The molecule has 1 aliphatic rings. The van der Waals surface area contributed by atoms with E-state index in [1.165, 1.54) is 37.1 Å². The Hall–Kier alpha value is -3.33. The summed E-state index contributed by atoms with van der Waals surface area (Å²) in [6.45, 7) is 8.33. The number of aliphatic imine (C=N–C) groups is 1. The van der Waals surface area contributed by atoms with Gasteiger partial charge in [-0.15, -0.1) is 0 Å². The quantitative estimate of drug-likeness (QED) is 0.154. The van der Waals surface area contributed by atoms with Crippen LogP contribution in [-0.4, -0.2) is 81.4 Å². The molecule has 3 heterocycles. The number of carbonyl (C=O) groups is 1. The summed E-state index contributed by atoms with van der Waals surface area (Å²) in [5.41, 5.74) is 5.15. The fraction of sp³-hybridized carbons (Fsp3) is 0.458. The fourth-order valence-electron chi connectivity index (χ4n) is 4.24. The molecule has 1 aliphatic heterocycles. The zero-order chi connectivity index (χ0) is 29.9. The molecule has 1 unspecified atom stereocenters. The number of esters is 1.